The summed E-state index contributed by atoms with van der Waals surface area (Å²) in [5.74, 6) is 2.34. The molecule has 0 spiro atoms. The minimum absolute atomic E-state index is 0.524. The summed E-state index contributed by atoms with van der Waals surface area (Å²) in [5.41, 5.74) is 0. The van der Waals surface area contributed by atoms with Gasteiger partial charge in [0.2, 0.25) is 0 Å². The molecular weight excluding hydrogens is 210 g/mol. The lowest BCUT2D eigenvalue weighted by Gasteiger charge is -2.47. The van der Waals surface area contributed by atoms with E-state index in [-0.39, 0.29) is 0 Å². The summed E-state index contributed by atoms with van der Waals surface area (Å²) >= 11 is 0. The molecule has 96 valence electrons. The Hall–Kier alpha value is -0.370. The van der Waals surface area contributed by atoms with Crippen molar-refractivity contribution < 1.29 is 4.79 Å². The molecule has 3 fully saturated rings. The number of Topliss-reactive ketones (excluding diaryl/α,β-unsaturated/α-hetero) is 1. The van der Waals surface area contributed by atoms with Crippen molar-refractivity contribution in [1.29, 1.82) is 0 Å². The van der Waals surface area contributed by atoms with Crippen molar-refractivity contribution in [1.82, 2.24) is 4.90 Å². The van der Waals surface area contributed by atoms with Crippen LogP contribution in [0.3, 0.4) is 0 Å². The average Bonchev–Trinajstić information content (AvgIpc) is 2.66. The van der Waals surface area contributed by atoms with Gasteiger partial charge in [0.1, 0.15) is 5.78 Å². The lowest BCUT2D eigenvalue weighted by molar-refractivity contribution is -0.127. The number of carbonyl (C=O) groups excluding carboxylic acids is 1. The molecule has 0 aromatic rings. The highest BCUT2D eigenvalue weighted by Crippen LogP contribution is 2.37. The number of ketones is 1. The SMILES string of the molecule is CC1CCCC1CN1C2CCCC1CC(=O)C2. The molecule has 17 heavy (non-hydrogen) atoms. The van der Waals surface area contributed by atoms with Crippen LogP contribution >= 0.6 is 0 Å². The Morgan fingerprint density at radius 1 is 1.06 bits per heavy atom. The molecule has 0 radical (unpaired) electrons. The molecule has 0 amide bonds. The predicted octanol–water partition coefficient (Wildman–Crippen LogP) is 3.01. The molecule has 4 unspecified atom stereocenters. The lowest BCUT2D eigenvalue weighted by atomic mass is 9.82. The lowest BCUT2D eigenvalue weighted by Crippen LogP contribution is -2.53. The van der Waals surface area contributed by atoms with Gasteiger partial charge in [-0.15, -0.1) is 0 Å². The minimum Gasteiger partial charge on any atom is -0.300 e. The van der Waals surface area contributed by atoms with Crippen LogP contribution in [-0.4, -0.2) is 29.3 Å². The van der Waals surface area contributed by atoms with Crippen molar-refractivity contribution in [3.63, 3.8) is 0 Å². The fourth-order valence-electron chi connectivity index (χ4n) is 4.33. The van der Waals surface area contributed by atoms with Crippen LogP contribution in [-0.2, 0) is 4.79 Å². The van der Waals surface area contributed by atoms with Crippen molar-refractivity contribution in [2.24, 2.45) is 11.8 Å². The zero-order valence-corrected chi connectivity index (χ0v) is 11.0. The minimum atomic E-state index is 0.524. The standard InChI is InChI=1S/C15H25NO/c1-11-4-2-5-12(11)10-16-13-6-3-7-14(16)9-15(17)8-13/h11-14H,2-10H2,1H3. The van der Waals surface area contributed by atoms with Crippen LogP contribution in [0.2, 0.25) is 0 Å². The van der Waals surface area contributed by atoms with Crippen LogP contribution < -0.4 is 0 Å². The molecule has 1 saturated carbocycles. The Morgan fingerprint density at radius 3 is 2.29 bits per heavy atom. The van der Waals surface area contributed by atoms with Crippen molar-refractivity contribution in [3.8, 4) is 0 Å². The summed E-state index contributed by atoms with van der Waals surface area (Å²) < 4.78 is 0. The predicted molar refractivity (Wildman–Crippen MR) is 68.9 cm³/mol. The third kappa shape index (κ3) is 2.29. The molecule has 2 heterocycles. The Bertz CT molecular complexity index is 285. The zero-order chi connectivity index (χ0) is 11.8. The maximum absolute atomic E-state index is 11.7. The topological polar surface area (TPSA) is 20.3 Å². The first-order valence-electron chi connectivity index (χ1n) is 7.51. The summed E-state index contributed by atoms with van der Waals surface area (Å²) in [6, 6.07) is 1.20. The van der Waals surface area contributed by atoms with E-state index >= 15 is 0 Å². The molecule has 3 rings (SSSR count). The fourth-order valence-corrected chi connectivity index (χ4v) is 4.33. The maximum Gasteiger partial charge on any atom is 0.136 e. The Kier molecular flexibility index (Phi) is 3.25. The van der Waals surface area contributed by atoms with E-state index < -0.39 is 0 Å². The summed E-state index contributed by atoms with van der Waals surface area (Å²) in [6.45, 7) is 3.70. The van der Waals surface area contributed by atoms with Gasteiger partial charge in [-0.2, -0.15) is 0 Å². The normalized spacial score (nSPS) is 43.0. The summed E-state index contributed by atoms with van der Waals surface area (Å²) in [7, 11) is 0. The molecule has 0 N–H and O–H groups in total. The van der Waals surface area contributed by atoms with Crippen LogP contribution in [0.1, 0.15) is 58.3 Å². The van der Waals surface area contributed by atoms with Gasteiger partial charge < -0.3 is 0 Å². The Labute approximate surface area is 105 Å². The van der Waals surface area contributed by atoms with Crippen molar-refractivity contribution in [2.75, 3.05) is 6.54 Å². The number of fused-ring (bicyclic) bond motifs is 2. The number of rotatable bonds is 2. The zero-order valence-electron chi connectivity index (χ0n) is 11.0. The van der Waals surface area contributed by atoms with Crippen molar-refractivity contribution >= 4 is 5.78 Å². The van der Waals surface area contributed by atoms with Crippen LogP contribution in [0.15, 0.2) is 0 Å². The highest BCUT2D eigenvalue weighted by molar-refractivity contribution is 5.80. The monoisotopic (exact) mass is 235 g/mol. The molecule has 4 atom stereocenters. The maximum atomic E-state index is 11.7. The number of hydrogen-bond donors (Lipinski definition) is 0. The van der Waals surface area contributed by atoms with Crippen LogP contribution in [0.25, 0.3) is 0 Å². The highest BCUT2D eigenvalue weighted by atomic mass is 16.1. The highest BCUT2D eigenvalue weighted by Gasteiger charge is 2.39. The van der Waals surface area contributed by atoms with E-state index in [4.69, 9.17) is 0 Å². The van der Waals surface area contributed by atoms with Crippen LogP contribution in [0.5, 0.6) is 0 Å². The van der Waals surface area contributed by atoms with E-state index in [0.29, 0.717) is 17.9 Å². The molecule has 3 aliphatic rings. The third-order valence-corrected chi connectivity index (χ3v) is 5.42. The van der Waals surface area contributed by atoms with E-state index in [1.807, 2.05) is 0 Å². The van der Waals surface area contributed by atoms with Gasteiger partial charge in [-0.3, -0.25) is 9.69 Å². The Morgan fingerprint density at radius 2 is 1.71 bits per heavy atom. The molecule has 0 aromatic carbocycles. The molecule has 2 nitrogen and oxygen atoms in total. The summed E-state index contributed by atoms with van der Waals surface area (Å²) in [6.07, 6.45) is 9.84. The first-order valence-corrected chi connectivity index (χ1v) is 7.51. The summed E-state index contributed by atoms with van der Waals surface area (Å²) in [5, 5.41) is 0. The summed E-state index contributed by atoms with van der Waals surface area (Å²) in [4.78, 5) is 14.4. The van der Waals surface area contributed by atoms with E-state index in [1.165, 1.54) is 45.1 Å². The van der Waals surface area contributed by atoms with E-state index in [1.54, 1.807) is 0 Å². The van der Waals surface area contributed by atoms with E-state index in [9.17, 15) is 4.79 Å². The second-order valence-corrected chi connectivity index (χ2v) is 6.55. The van der Waals surface area contributed by atoms with E-state index in [2.05, 4.69) is 11.8 Å². The fraction of sp³-hybridized carbons (Fsp3) is 0.933. The molecule has 0 aromatic heterocycles. The van der Waals surface area contributed by atoms with Crippen LogP contribution in [0.4, 0.5) is 0 Å². The molecule has 2 heteroatoms. The largest absolute Gasteiger partial charge is 0.300 e. The second kappa shape index (κ2) is 4.72. The number of hydrogen-bond acceptors (Lipinski definition) is 2. The number of piperidine rings is 2. The third-order valence-electron chi connectivity index (χ3n) is 5.42. The molecule has 2 saturated heterocycles. The van der Waals surface area contributed by atoms with Crippen molar-refractivity contribution in [2.45, 2.75) is 70.4 Å². The first kappa shape index (κ1) is 11.7. The molecule has 2 bridgehead atoms. The first-order chi connectivity index (χ1) is 8.24. The Balaban J connectivity index is 1.67. The second-order valence-electron chi connectivity index (χ2n) is 6.55. The molecule has 2 aliphatic heterocycles. The van der Waals surface area contributed by atoms with Gasteiger partial charge in [-0.25, -0.2) is 0 Å². The van der Waals surface area contributed by atoms with Gasteiger partial charge in [0.05, 0.1) is 0 Å². The number of carbonyl (C=O) groups is 1. The van der Waals surface area contributed by atoms with Gasteiger partial charge in [0, 0.05) is 31.5 Å². The average molecular weight is 235 g/mol. The number of nitrogens with zero attached hydrogens (tertiary/aromatic N) is 1. The van der Waals surface area contributed by atoms with Gasteiger partial charge in [-0.1, -0.05) is 26.2 Å². The molecular formula is C15H25NO. The quantitative estimate of drug-likeness (QED) is 0.733. The van der Waals surface area contributed by atoms with Gasteiger partial charge in [0.15, 0.2) is 0 Å². The van der Waals surface area contributed by atoms with Crippen molar-refractivity contribution in [3.05, 3.63) is 0 Å². The van der Waals surface area contributed by atoms with Gasteiger partial charge in [0.25, 0.3) is 0 Å². The van der Waals surface area contributed by atoms with Crippen LogP contribution in [0, 0.1) is 11.8 Å². The smallest absolute Gasteiger partial charge is 0.136 e. The van der Waals surface area contributed by atoms with Gasteiger partial charge >= 0.3 is 0 Å². The van der Waals surface area contributed by atoms with Gasteiger partial charge in [-0.05, 0) is 31.1 Å². The van der Waals surface area contributed by atoms with E-state index in [0.717, 1.165) is 24.7 Å². The molecule has 1 aliphatic carbocycles.